The monoisotopic (exact) mass is 779 g/mol. The number of nitrogens with zero attached hydrogens (tertiary/aromatic N) is 5. The fourth-order valence-electron chi connectivity index (χ4n) is 9.44. The van der Waals surface area contributed by atoms with Crippen molar-refractivity contribution in [2.75, 3.05) is 0 Å². The third-order valence-corrected chi connectivity index (χ3v) is 12.1. The number of hydrogen-bond donors (Lipinski definition) is 0. The average molecular weight is 780 g/mol. The zero-order valence-corrected chi connectivity index (χ0v) is 32.7. The Kier molecular flexibility index (Phi) is 7.21. The van der Waals surface area contributed by atoms with E-state index in [0.717, 1.165) is 77.3 Å². The smallest absolute Gasteiger partial charge is 0.164 e. The summed E-state index contributed by atoms with van der Waals surface area (Å²) in [6, 6.07) is 70.3. The summed E-state index contributed by atoms with van der Waals surface area (Å²) < 4.78 is 11.3. The van der Waals surface area contributed by atoms with E-state index in [1.54, 1.807) is 0 Å². The van der Waals surface area contributed by atoms with Crippen LogP contribution in [0.15, 0.2) is 205 Å². The Bertz CT molecular complexity index is 3880. The molecule has 0 spiro atoms. The molecule has 0 N–H and O–H groups in total. The van der Waals surface area contributed by atoms with Gasteiger partial charge in [-0.15, -0.1) is 0 Å². The molecule has 4 heterocycles. The second-order valence-electron chi connectivity index (χ2n) is 15.6. The minimum Gasteiger partial charge on any atom is -0.456 e. The molecule has 13 rings (SSSR count). The highest BCUT2D eigenvalue weighted by molar-refractivity contribution is 6.24. The predicted molar refractivity (Wildman–Crippen MR) is 250 cm³/mol. The molecule has 0 atom stereocenters. The summed E-state index contributed by atoms with van der Waals surface area (Å²) in [6.45, 7) is 0. The van der Waals surface area contributed by atoms with Crippen molar-refractivity contribution in [3.63, 3.8) is 0 Å². The van der Waals surface area contributed by atoms with Crippen molar-refractivity contribution in [3.05, 3.63) is 200 Å². The predicted octanol–water partition coefficient (Wildman–Crippen LogP) is 14.1. The van der Waals surface area contributed by atoms with E-state index >= 15 is 0 Å². The minimum absolute atomic E-state index is 0.585. The lowest BCUT2D eigenvalue weighted by Gasteiger charge is -2.14. The Morgan fingerprint density at radius 1 is 0.344 bits per heavy atom. The average Bonchev–Trinajstić information content (AvgIpc) is 3.99. The van der Waals surface area contributed by atoms with Gasteiger partial charge in [0, 0.05) is 60.4 Å². The molecule has 13 aromatic rings. The van der Waals surface area contributed by atoms with Crippen molar-refractivity contribution >= 4 is 76.3 Å². The first kappa shape index (κ1) is 33.6. The van der Waals surface area contributed by atoms with Crippen LogP contribution in [-0.2, 0) is 0 Å². The number of fused-ring (bicyclic) bond motifs is 11. The van der Waals surface area contributed by atoms with E-state index in [1.165, 1.54) is 27.1 Å². The molecule has 0 amide bonds. The normalized spacial score (nSPS) is 11.9. The van der Waals surface area contributed by atoms with Crippen LogP contribution in [0.4, 0.5) is 0 Å². The standard InChI is InChI=1S/C55H33N5O/c1-3-15-34(16-4-1)53-56-54(58-55(57-53)44-25-14-28-48-50(44)45-32-35-17-7-8-18-36(35)33-49(45)61-48)37-19-13-22-39(31-37)60-47-27-12-10-24-41(47)43-30-29-42-40-23-9-11-26-46(40)59(51(42)52(43)60)38-20-5-2-6-21-38/h1-33H. The van der Waals surface area contributed by atoms with Crippen molar-refractivity contribution < 1.29 is 4.42 Å². The van der Waals surface area contributed by atoms with Gasteiger partial charge in [-0.2, -0.15) is 0 Å². The first-order valence-electron chi connectivity index (χ1n) is 20.5. The maximum atomic E-state index is 6.49. The van der Waals surface area contributed by atoms with Crippen molar-refractivity contribution in [1.82, 2.24) is 24.1 Å². The van der Waals surface area contributed by atoms with Crippen LogP contribution in [0.5, 0.6) is 0 Å². The summed E-state index contributed by atoms with van der Waals surface area (Å²) in [5.74, 6) is 1.78. The summed E-state index contributed by atoms with van der Waals surface area (Å²) in [4.78, 5) is 15.7. The van der Waals surface area contributed by atoms with Gasteiger partial charge >= 0.3 is 0 Å². The van der Waals surface area contributed by atoms with Crippen LogP contribution in [0.25, 0.3) is 122 Å². The van der Waals surface area contributed by atoms with Crippen LogP contribution in [0.2, 0.25) is 0 Å². The molecule has 0 unspecified atom stereocenters. The largest absolute Gasteiger partial charge is 0.456 e. The zero-order valence-electron chi connectivity index (χ0n) is 32.7. The van der Waals surface area contributed by atoms with Crippen molar-refractivity contribution in [2.45, 2.75) is 0 Å². The lowest BCUT2D eigenvalue weighted by molar-refractivity contribution is 0.669. The number of rotatable bonds is 5. The Labute approximate surface area is 349 Å². The van der Waals surface area contributed by atoms with E-state index in [9.17, 15) is 0 Å². The molecule has 4 aromatic heterocycles. The third-order valence-electron chi connectivity index (χ3n) is 12.1. The number of benzene rings is 9. The summed E-state index contributed by atoms with van der Waals surface area (Å²) in [7, 11) is 0. The van der Waals surface area contributed by atoms with E-state index in [0.29, 0.717) is 17.5 Å². The fourth-order valence-corrected chi connectivity index (χ4v) is 9.44. The molecule has 284 valence electrons. The molecule has 6 nitrogen and oxygen atoms in total. The maximum Gasteiger partial charge on any atom is 0.164 e. The molecule has 6 heteroatoms. The topological polar surface area (TPSA) is 61.7 Å². The van der Waals surface area contributed by atoms with Crippen molar-refractivity contribution in [2.24, 2.45) is 0 Å². The van der Waals surface area contributed by atoms with Crippen LogP contribution >= 0.6 is 0 Å². The number of furan rings is 1. The fraction of sp³-hybridized carbons (Fsp3) is 0. The molecule has 0 saturated heterocycles. The molecule has 0 aliphatic carbocycles. The van der Waals surface area contributed by atoms with Gasteiger partial charge in [-0.3, -0.25) is 0 Å². The Morgan fingerprint density at radius 3 is 1.61 bits per heavy atom. The lowest BCUT2D eigenvalue weighted by atomic mass is 10.0. The van der Waals surface area contributed by atoms with Gasteiger partial charge in [-0.05, 0) is 65.4 Å². The van der Waals surface area contributed by atoms with Crippen LogP contribution in [0, 0.1) is 0 Å². The molecule has 0 aliphatic heterocycles. The third kappa shape index (κ3) is 5.12. The van der Waals surface area contributed by atoms with E-state index in [2.05, 4.69) is 179 Å². The molecule has 0 radical (unpaired) electrons. The Balaban J connectivity index is 1.07. The van der Waals surface area contributed by atoms with Gasteiger partial charge in [0.25, 0.3) is 0 Å². The van der Waals surface area contributed by atoms with Gasteiger partial charge < -0.3 is 13.6 Å². The summed E-state index contributed by atoms with van der Waals surface area (Å²) in [6.07, 6.45) is 0. The Morgan fingerprint density at radius 2 is 0.885 bits per heavy atom. The molecule has 0 fully saturated rings. The van der Waals surface area contributed by atoms with Gasteiger partial charge in [0.2, 0.25) is 0 Å². The number of para-hydroxylation sites is 3. The van der Waals surface area contributed by atoms with Crippen molar-refractivity contribution in [3.8, 4) is 45.5 Å². The minimum atomic E-state index is 0.585. The highest BCUT2D eigenvalue weighted by Crippen LogP contribution is 2.43. The Hall–Kier alpha value is -8.35. The zero-order chi connectivity index (χ0) is 40.0. The van der Waals surface area contributed by atoms with E-state index < -0.39 is 0 Å². The molecule has 9 aromatic carbocycles. The van der Waals surface area contributed by atoms with E-state index in [-0.39, 0.29) is 0 Å². The van der Waals surface area contributed by atoms with E-state index in [1.807, 2.05) is 30.3 Å². The van der Waals surface area contributed by atoms with Gasteiger partial charge in [0.15, 0.2) is 17.5 Å². The first-order valence-corrected chi connectivity index (χ1v) is 20.5. The second-order valence-corrected chi connectivity index (χ2v) is 15.6. The summed E-state index contributed by atoms with van der Waals surface area (Å²) in [5.41, 5.74) is 11.0. The second kappa shape index (κ2) is 13.1. The van der Waals surface area contributed by atoms with Gasteiger partial charge in [-0.1, -0.05) is 146 Å². The van der Waals surface area contributed by atoms with Crippen LogP contribution < -0.4 is 0 Å². The molecule has 0 bridgehead atoms. The van der Waals surface area contributed by atoms with Crippen LogP contribution in [0.3, 0.4) is 0 Å². The molecule has 0 saturated carbocycles. The number of hydrogen-bond acceptors (Lipinski definition) is 4. The summed E-state index contributed by atoms with van der Waals surface area (Å²) in [5, 5.41) is 9.10. The van der Waals surface area contributed by atoms with Crippen LogP contribution in [0.1, 0.15) is 0 Å². The molecule has 61 heavy (non-hydrogen) atoms. The van der Waals surface area contributed by atoms with Gasteiger partial charge in [0.1, 0.15) is 11.2 Å². The summed E-state index contributed by atoms with van der Waals surface area (Å²) >= 11 is 0. The highest BCUT2D eigenvalue weighted by Gasteiger charge is 2.23. The molecular formula is C55H33N5O. The van der Waals surface area contributed by atoms with Crippen LogP contribution in [-0.4, -0.2) is 24.1 Å². The van der Waals surface area contributed by atoms with Crippen molar-refractivity contribution in [1.29, 1.82) is 0 Å². The first-order chi connectivity index (χ1) is 30.2. The highest BCUT2D eigenvalue weighted by atomic mass is 16.3. The van der Waals surface area contributed by atoms with Gasteiger partial charge in [-0.25, -0.2) is 15.0 Å². The quantitative estimate of drug-likeness (QED) is 0.175. The van der Waals surface area contributed by atoms with E-state index in [4.69, 9.17) is 19.4 Å². The molecular weight excluding hydrogens is 747 g/mol. The SMILES string of the molecule is c1ccc(-c2nc(-c3cccc(-n4c5ccccc5c5ccc6c7ccccc7n(-c7ccccc7)c6c54)c3)nc(-c3cccc4oc5cc6ccccc6cc5c34)n2)cc1. The number of aromatic nitrogens is 5. The van der Waals surface area contributed by atoms with Gasteiger partial charge in [0.05, 0.1) is 22.1 Å². The lowest BCUT2D eigenvalue weighted by Crippen LogP contribution is -2.02. The molecule has 0 aliphatic rings. The maximum absolute atomic E-state index is 6.49.